The molecular weight excluding hydrogens is 310 g/mol. The second-order valence-corrected chi connectivity index (χ2v) is 5.85. The third kappa shape index (κ3) is 1.87. The van der Waals surface area contributed by atoms with Gasteiger partial charge in [-0.1, -0.05) is 29.8 Å². The van der Waals surface area contributed by atoms with Crippen molar-refractivity contribution in [2.24, 2.45) is 0 Å². The van der Waals surface area contributed by atoms with Crippen LogP contribution in [0.25, 0.3) is 44.5 Å². The Balaban J connectivity index is 1.88. The Labute approximate surface area is 136 Å². The van der Waals surface area contributed by atoms with Crippen LogP contribution in [0.5, 0.6) is 0 Å². The lowest BCUT2D eigenvalue weighted by Crippen LogP contribution is -1.75. The Kier molecular flexibility index (Phi) is 2.55. The molecule has 0 aliphatic heterocycles. The van der Waals surface area contributed by atoms with Gasteiger partial charge >= 0.3 is 0 Å². The Bertz CT molecular complexity index is 1170. The van der Waals surface area contributed by atoms with Crippen LogP contribution in [-0.2, 0) is 0 Å². The largest absolute Gasteiger partial charge is 0.456 e. The van der Waals surface area contributed by atoms with Crippen molar-refractivity contribution in [3.05, 3.63) is 65.7 Å². The summed E-state index contributed by atoms with van der Waals surface area (Å²) in [5.74, 6) is 0.608. The lowest BCUT2D eigenvalue weighted by atomic mass is 10.1. The van der Waals surface area contributed by atoms with Crippen LogP contribution in [0.4, 0.5) is 0 Å². The molecule has 0 amide bonds. The average molecular weight is 320 g/mol. The standard InChI is InChI=1S/C19H10ClNO2/c20-12-6-7-13-16(10-12)22-14-8-9-15-18(17(13)14)21-19(23-15)11-4-2-1-3-5-11/h1-10H. The molecule has 0 aliphatic rings. The summed E-state index contributed by atoms with van der Waals surface area (Å²) in [6.45, 7) is 0. The van der Waals surface area contributed by atoms with Crippen LogP contribution in [0.1, 0.15) is 0 Å². The monoisotopic (exact) mass is 319 g/mol. The van der Waals surface area contributed by atoms with E-state index in [0.717, 1.165) is 38.6 Å². The highest BCUT2D eigenvalue weighted by Gasteiger charge is 2.16. The Hall–Kier alpha value is -2.78. The molecule has 0 aliphatic carbocycles. The molecule has 3 aromatic carbocycles. The van der Waals surface area contributed by atoms with Gasteiger partial charge in [0.15, 0.2) is 5.58 Å². The summed E-state index contributed by atoms with van der Waals surface area (Å²) in [5.41, 5.74) is 4.04. The molecular formula is C19H10ClNO2. The molecule has 0 saturated carbocycles. The smallest absolute Gasteiger partial charge is 0.227 e. The van der Waals surface area contributed by atoms with Crippen LogP contribution in [0.3, 0.4) is 0 Å². The Morgan fingerprint density at radius 1 is 0.783 bits per heavy atom. The molecule has 0 N–H and O–H groups in total. The van der Waals surface area contributed by atoms with E-state index in [-0.39, 0.29) is 0 Å². The molecule has 0 spiro atoms. The van der Waals surface area contributed by atoms with Crippen molar-refractivity contribution in [2.75, 3.05) is 0 Å². The SMILES string of the molecule is Clc1ccc2c(c1)oc1ccc3oc(-c4ccccc4)nc3c12. The first-order valence-electron chi connectivity index (χ1n) is 7.26. The maximum Gasteiger partial charge on any atom is 0.227 e. The fourth-order valence-corrected chi connectivity index (χ4v) is 3.09. The number of aromatic nitrogens is 1. The second kappa shape index (κ2) is 4.61. The zero-order valence-corrected chi connectivity index (χ0v) is 12.7. The van der Waals surface area contributed by atoms with Crippen molar-refractivity contribution in [3.8, 4) is 11.5 Å². The molecule has 0 saturated heterocycles. The van der Waals surface area contributed by atoms with E-state index < -0.39 is 0 Å². The highest BCUT2D eigenvalue weighted by molar-refractivity contribution is 6.31. The van der Waals surface area contributed by atoms with Gasteiger partial charge in [-0.2, -0.15) is 0 Å². The van der Waals surface area contributed by atoms with E-state index in [1.807, 2.05) is 60.7 Å². The zero-order valence-electron chi connectivity index (χ0n) is 11.9. The van der Waals surface area contributed by atoms with Gasteiger partial charge < -0.3 is 8.83 Å². The van der Waals surface area contributed by atoms with Gasteiger partial charge in [0, 0.05) is 22.0 Å². The molecule has 110 valence electrons. The quantitative estimate of drug-likeness (QED) is 0.377. The molecule has 0 bridgehead atoms. The van der Waals surface area contributed by atoms with Gasteiger partial charge in [0.25, 0.3) is 0 Å². The summed E-state index contributed by atoms with van der Waals surface area (Å²) >= 11 is 6.05. The van der Waals surface area contributed by atoms with Gasteiger partial charge in [-0.3, -0.25) is 0 Å². The second-order valence-electron chi connectivity index (χ2n) is 5.41. The van der Waals surface area contributed by atoms with Crippen molar-refractivity contribution in [2.45, 2.75) is 0 Å². The molecule has 0 atom stereocenters. The third-order valence-electron chi connectivity index (χ3n) is 3.98. The first-order valence-corrected chi connectivity index (χ1v) is 7.64. The number of benzene rings is 3. The van der Waals surface area contributed by atoms with E-state index >= 15 is 0 Å². The molecule has 4 heteroatoms. The van der Waals surface area contributed by atoms with Crippen molar-refractivity contribution in [1.82, 2.24) is 4.98 Å². The van der Waals surface area contributed by atoms with Gasteiger partial charge in [0.2, 0.25) is 5.89 Å². The maximum atomic E-state index is 6.05. The third-order valence-corrected chi connectivity index (χ3v) is 4.21. The predicted octanol–water partition coefficient (Wildman–Crippen LogP) is 6.05. The van der Waals surface area contributed by atoms with E-state index in [1.165, 1.54) is 0 Å². The molecule has 2 aromatic heterocycles. The van der Waals surface area contributed by atoms with Crippen molar-refractivity contribution in [3.63, 3.8) is 0 Å². The van der Waals surface area contributed by atoms with E-state index in [1.54, 1.807) is 0 Å². The maximum absolute atomic E-state index is 6.05. The van der Waals surface area contributed by atoms with Crippen LogP contribution in [-0.4, -0.2) is 4.98 Å². The van der Waals surface area contributed by atoms with Gasteiger partial charge in [-0.05, 0) is 36.4 Å². The topological polar surface area (TPSA) is 39.2 Å². The van der Waals surface area contributed by atoms with Crippen LogP contribution in [0.15, 0.2) is 69.5 Å². The normalized spacial score (nSPS) is 11.7. The van der Waals surface area contributed by atoms with E-state index in [0.29, 0.717) is 10.9 Å². The number of oxazole rings is 1. The highest BCUT2D eigenvalue weighted by Crippen LogP contribution is 2.36. The highest BCUT2D eigenvalue weighted by atomic mass is 35.5. The number of fused-ring (bicyclic) bond motifs is 5. The van der Waals surface area contributed by atoms with Gasteiger partial charge in [-0.25, -0.2) is 4.98 Å². The fraction of sp³-hybridized carbons (Fsp3) is 0. The van der Waals surface area contributed by atoms with Crippen LogP contribution < -0.4 is 0 Å². The van der Waals surface area contributed by atoms with Crippen LogP contribution >= 0.6 is 11.6 Å². The molecule has 0 unspecified atom stereocenters. The molecule has 3 nitrogen and oxygen atoms in total. The minimum atomic E-state index is 0.608. The van der Waals surface area contributed by atoms with E-state index in [9.17, 15) is 0 Å². The number of nitrogens with zero attached hydrogens (tertiary/aromatic N) is 1. The number of hydrogen-bond donors (Lipinski definition) is 0. The molecule has 0 radical (unpaired) electrons. The fourth-order valence-electron chi connectivity index (χ4n) is 2.93. The number of halogens is 1. The van der Waals surface area contributed by atoms with Crippen LogP contribution in [0, 0.1) is 0 Å². The lowest BCUT2D eigenvalue weighted by molar-refractivity contribution is 0.619. The summed E-state index contributed by atoms with van der Waals surface area (Å²) in [4.78, 5) is 4.70. The van der Waals surface area contributed by atoms with Gasteiger partial charge in [0.1, 0.15) is 16.7 Å². The molecule has 23 heavy (non-hydrogen) atoms. The molecule has 2 heterocycles. The van der Waals surface area contributed by atoms with Gasteiger partial charge in [-0.15, -0.1) is 0 Å². The summed E-state index contributed by atoms with van der Waals surface area (Å²) in [7, 11) is 0. The first kappa shape index (κ1) is 12.7. The summed E-state index contributed by atoms with van der Waals surface area (Å²) in [5, 5.41) is 2.60. The Morgan fingerprint density at radius 2 is 1.61 bits per heavy atom. The number of hydrogen-bond acceptors (Lipinski definition) is 3. The molecule has 5 aromatic rings. The summed E-state index contributed by atoms with van der Waals surface area (Å²) < 4.78 is 11.8. The molecule has 0 fully saturated rings. The molecule has 5 rings (SSSR count). The van der Waals surface area contributed by atoms with Crippen LogP contribution in [0.2, 0.25) is 5.02 Å². The van der Waals surface area contributed by atoms with Crippen molar-refractivity contribution < 1.29 is 8.83 Å². The predicted molar refractivity (Wildman–Crippen MR) is 91.7 cm³/mol. The zero-order chi connectivity index (χ0) is 15.4. The van der Waals surface area contributed by atoms with Crippen molar-refractivity contribution >= 4 is 44.6 Å². The summed E-state index contributed by atoms with van der Waals surface area (Å²) in [6, 6.07) is 19.3. The van der Waals surface area contributed by atoms with E-state index in [4.69, 9.17) is 25.4 Å². The number of rotatable bonds is 1. The summed E-state index contributed by atoms with van der Waals surface area (Å²) in [6.07, 6.45) is 0. The van der Waals surface area contributed by atoms with Gasteiger partial charge in [0.05, 0.1) is 5.39 Å². The Morgan fingerprint density at radius 3 is 2.48 bits per heavy atom. The van der Waals surface area contributed by atoms with E-state index in [2.05, 4.69) is 0 Å². The van der Waals surface area contributed by atoms with Crippen molar-refractivity contribution in [1.29, 1.82) is 0 Å². The minimum absolute atomic E-state index is 0.608. The number of furan rings is 1. The average Bonchev–Trinajstić information content (AvgIpc) is 3.15. The minimum Gasteiger partial charge on any atom is -0.456 e. The first-order chi connectivity index (χ1) is 11.3. The lowest BCUT2D eigenvalue weighted by Gasteiger charge is -1.91.